The van der Waals surface area contributed by atoms with Gasteiger partial charge in [-0.05, 0) is 24.1 Å². The van der Waals surface area contributed by atoms with Crippen LogP contribution in [0, 0.1) is 0 Å². The maximum absolute atomic E-state index is 12.6. The third kappa shape index (κ3) is 4.46. The molecule has 1 N–H and O–H groups in total. The molecule has 0 aromatic heterocycles. The standard InChI is InChI=1S/C16H27N3O4S/c1-18(2)14-8-6-13(7-9-14)16-15(12-23-19(16)3)24(20,21)17-10-5-11-22-4/h6-9,15-17H,5,10-12H2,1-4H3/t15-,16+/m1/s1. The molecule has 0 bridgehead atoms. The predicted octanol–water partition coefficient (Wildman–Crippen LogP) is 0.995. The van der Waals surface area contributed by atoms with Gasteiger partial charge in [-0.15, -0.1) is 0 Å². The van der Waals surface area contributed by atoms with Crippen LogP contribution in [0.1, 0.15) is 18.0 Å². The third-order valence-electron chi connectivity index (χ3n) is 4.16. The molecule has 8 heteroatoms. The molecular weight excluding hydrogens is 330 g/mol. The monoisotopic (exact) mass is 357 g/mol. The Morgan fingerprint density at radius 3 is 2.58 bits per heavy atom. The van der Waals surface area contributed by atoms with Crippen molar-refractivity contribution in [3.63, 3.8) is 0 Å². The second kappa shape index (κ2) is 8.26. The lowest BCUT2D eigenvalue weighted by Gasteiger charge is -2.24. The number of benzene rings is 1. The second-order valence-corrected chi connectivity index (χ2v) is 8.08. The van der Waals surface area contributed by atoms with Gasteiger partial charge in [-0.25, -0.2) is 13.1 Å². The molecule has 1 saturated heterocycles. The van der Waals surface area contributed by atoms with Crippen molar-refractivity contribution in [2.24, 2.45) is 0 Å². The lowest BCUT2D eigenvalue weighted by atomic mass is 10.0. The molecule has 0 spiro atoms. The van der Waals surface area contributed by atoms with Gasteiger partial charge in [0.05, 0.1) is 12.6 Å². The molecule has 1 aromatic carbocycles. The van der Waals surface area contributed by atoms with Crippen molar-refractivity contribution in [3.8, 4) is 0 Å². The van der Waals surface area contributed by atoms with Gasteiger partial charge in [0, 0.05) is 47.1 Å². The van der Waals surface area contributed by atoms with Gasteiger partial charge in [0.15, 0.2) is 0 Å². The van der Waals surface area contributed by atoms with E-state index in [0.29, 0.717) is 19.6 Å². The molecule has 1 aliphatic rings. The van der Waals surface area contributed by atoms with Gasteiger partial charge >= 0.3 is 0 Å². The Bertz CT molecular complexity index is 619. The summed E-state index contributed by atoms with van der Waals surface area (Å²) in [6.07, 6.45) is 0.640. The highest BCUT2D eigenvalue weighted by Crippen LogP contribution is 2.33. The Morgan fingerprint density at radius 2 is 2.00 bits per heavy atom. The number of sulfonamides is 1. The molecule has 0 unspecified atom stereocenters. The van der Waals surface area contributed by atoms with Crippen molar-refractivity contribution < 1.29 is 18.0 Å². The zero-order valence-corrected chi connectivity index (χ0v) is 15.5. The molecule has 24 heavy (non-hydrogen) atoms. The van der Waals surface area contributed by atoms with Crippen LogP contribution in [-0.4, -0.2) is 66.7 Å². The normalized spacial score (nSPS) is 22.0. The van der Waals surface area contributed by atoms with Crippen LogP contribution in [0.25, 0.3) is 0 Å². The number of hydroxylamine groups is 2. The Morgan fingerprint density at radius 1 is 1.33 bits per heavy atom. The zero-order chi connectivity index (χ0) is 17.7. The van der Waals surface area contributed by atoms with Crippen LogP contribution in [0.5, 0.6) is 0 Å². The van der Waals surface area contributed by atoms with Crippen molar-refractivity contribution in [1.82, 2.24) is 9.79 Å². The average Bonchev–Trinajstić information content (AvgIpc) is 2.94. The summed E-state index contributed by atoms with van der Waals surface area (Å²) < 4.78 is 32.9. The summed E-state index contributed by atoms with van der Waals surface area (Å²) in [5, 5.41) is 0.985. The first-order valence-electron chi connectivity index (χ1n) is 7.97. The Kier molecular flexibility index (Phi) is 6.59. The van der Waals surface area contributed by atoms with Crippen molar-refractivity contribution in [2.45, 2.75) is 17.7 Å². The maximum Gasteiger partial charge on any atom is 0.218 e. The highest BCUT2D eigenvalue weighted by Gasteiger charge is 2.42. The summed E-state index contributed by atoms with van der Waals surface area (Å²) in [6.45, 7) is 1.04. The van der Waals surface area contributed by atoms with Gasteiger partial charge in [0.1, 0.15) is 5.25 Å². The molecule has 136 valence electrons. The number of hydrogen-bond acceptors (Lipinski definition) is 6. The smallest absolute Gasteiger partial charge is 0.218 e. The van der Waals surface area contributed by atoms with E-state index in [9.17, 15) is 8.42 Å². The Labute approximate surface area is 144 Å². The lowest BCUT2D eigenvalue weighted by molar-refractivity contribution is -0.110. The minimum absolute atomic E-state index is 0.149. The van der Waals surface area contributed by atoms with E-state index in [2.05, 4.69) is 4.72 Å². The van der Waals surface area contributed by atoms with E-state index in [-0.39, 0.29) is 12.6 Å². The van der Waals surface area contributed by atoms with Crippen LogP contribution in [0.4, 0.5) is 5.69 Å². The number of rotatable bonds is 8. The van der Waals surface area contributed by atoms with Gasteiger partial charge in [0.25, 0.3) is 0 Å². The molecule has 0 saturated carbocycles. The summed E-state index contributed by atoms with van der Waals surface area (Å²) in [4.78, 5) is 7.51. The second-order valence-electron chi connectivity index (χ2n) is 6.10. The first kappa shape index (κ1) is 19.1. The van der Waals surface area contributed by atoms with Crippen LogP contribution in [-0.2, 0) is 19.6 Å². The first-order chi connectivity index (χ1) is 11.4. The molecule has 0 amide bonds. The summed E-state index contributed by atoms with van der Waals surface area (Å²) in [7, 11) is 3.83. The summed E-state index contributed by atoms with van der Waals surface area (Å²) in [5.74, 6) is 0. The molecular formula is C16H27N3O4S. The van der Waals surface area contributed by atoms with Gasteiger partial charge in [-0.1, -0.05) is 12.1 Å². The van der Waals surface area contributed by atoms with E-state index >= 15 is 0 Å². The van der Waals surface area contributed by atoms with Crippen molar-refractivity contribution in [3.05, 3.63) is 29.8 Å². The van der Waals surface area contributed by atoms with Gasteiger partial charge < -0.3 is 9.64 Å². The Hall–Kier alpha value is -1.19. The molecule has 1 fully saturated rings. The minimum atomic E-state index is -3.48. The average molecular weight is 357 g/mol. The number of ether oxygens (including phenoxy) is 1. The lowest BCUT2D eigenvalue weighted by Crippen LogP contribution is -2.39. The first-order valence-corrected chi connectivity index (χ1v) is 9.52. The van der Waals surface area contributed by atoms with Crippen LogP contribution >= 0.6 is 0 Å². The number of hydrogen-bond donors (Lipinski definition) is 1. The van der Waals surface area contributed by atoms with Crippen LogP contribution < -0.4 is 9.62 Å². The van der Waals surface area contributed by atoms with E-state index in [0.717, 1.165) is 11.3 Å². The number of nitrogens with zero attached hydrogens (tertiary/aromatic N) is 2. The fourth-order valence-corrected chi connectivity index (χ4v) is 4.34. The SMILES string of the molecule is COCCCNS(=O)(=O)[C@@H]1CON(C)[C@H]1c1ccc(N(C)C)cc1. The van der Waals surface area contributed by atoms with Crippen molar-refractivity contribution in [1.29, 1.82) is 0 Å². The number of nitrogens with one attached hydrogen (secondary N) is 1. The van der Waals surface area contributed by atoms with Crippen molar-refractivity contribution >= 4 is 15.7 Å². The fourth-order valence-electron chi connectivity index (χ4n) is 2.79. The van der Waals surface area contributed by atoms with E-state index in [1.54, 1.807) is 19.2 Å². The van der Waals surface area contributed by atoms with E-state index in [4.69, 9.17) is 9.57 Å². The van der Waals surface area contributed by atoms with Gasteiger partial charge in [-0.3, -0.25) is 4.84 Å². The number of anilines is 1. The molecule has 2 rings (SSSR count). The Balaban J connectivity index is 2.14. The molecule has 0 radical (unpaired) electrons. The molecule has 7 nitrogen and oxygen atoms in total. The van der Waals surface area contributed by atoms with Crippen LogP contribution in [0.2, 0.25) is 0 Å². The zero-order valence-electron chi connectivity index (χ0n) is 14.7. The van der Waals surface area contributed by atoms with E-state index < -0.39 is 15.3 Å². The summed E-state index contributed by atoms with van der Waals surface area (Å²) in [6, 6.07) is 7.55. The summed E-state index contributed by atoms with van der Waals surface area (Å²) in [5.41, 5.74) is 1.99. The number of methoxy groups -OCH3 is 1. The van der Waals surface area contributed by atoms with Gasteiger partial charge in [0.2, 0.25) is 10.0 Å². The largest absolute Gasteiger partial charge is 0.385 e. The summed E-state index contributed by atoms with van der Waals surface area (Å²) >= 11 is 0. The molecule has 1 aromatic rings. The third-order valence-corrected chi connectivity index (χ3v) is 5.96. The van der Waals surface area contributed by atoms with Crippen LogP contribution in [0.15, 0.2) is 24.3 Å². The topological polar surface area (TPSA) is 71.1 Å². The highest BCUT2D eigenvalue weighted by atomic mass is 32.2. The van der Waals surface area contributed by atoms with Crippen molar-refractivity contribution in [2.75, 3.05) is 52.9 Å². The molecule has 1 heterocycles. The van der Waals surface area contributed by atoms with E-state index in [1.165, 1.54) is 0 Å². The minimum Gasteiger partial charge on any atom is -0.385 e. The molecule has 2 atom stereocenters. The maximum atomic E-state index is 12.6. The van der Waals surface area contributed by atoms with E-state index in [1.807, 2.05) is 43.3 Å². The quantitative estimate of drug-likeness (QED) is 0.700. The fraction of sp³-hybridized carbons (Fsp3) is 0.625. The van der Waals surface area contributed by atoms with Gasteiger partial charge in [-0.2, -0.15) is 5.06 Å². The highest BCUT2D eigenvalue weighted by molar-refractivity contribution is 7.90. The molecule has 0 aliphatic carbocycles. The molecule has 1 aliphatic heterocycles. The van der Waals surface area contributed by atoms with Crippen LogP contribution in [0.3, 0.4) is 0 Å². The predicted molar refractivity (Wildman–Crippen MR) is 94.4 cm³/mol.